The molecule has 0 unspecified atom stereocenters. The summed E-state index contributed by atoms with van der Waals surface area (Å²) in [4.78, 5) is 33.1. The molecule has 2 aromatic rings. The van der Waals surface area contributed by atoms with Crippen molar-refractivity contribution in [1.82, 2.24) is 0 Å². The molecule has 2 N–H and O–H groups in total. The molecule has 0 aliphatic carbocycles. The highest BCUT2D eigenvalue weighted by Gasteiger charge is 2.16. The Morgan fingerprint density at radius 3 is 2.43 bits per heavy atom. The van der Waals surface area contributed by atoms with Crippen LogP contribution in [0.1, 0.15) is 26.3 Å². The summed E-state index contributed by atoms with van der Waals surface area (Å²) in [5.74, 6) is -1.61. The number of nitrogens with one attached hydrogen (secondary N) is 1. The Labute approximate surface area is 135 Å². The van der Waals surface area contributed by atoms with Crippen molar-refractivity contribution in [3.63, 3.8) is 0 Å². The second kappa shape index (κ2) is 6.45. The summed E-state index contributed by atoms with van der Waals surface area (Å²) in [6.45, 7) is 1.65. The number of non-ortho nitro benzene ring substituents is 1. The molecule has 0 bridgehead atoms. The molecule has 0 aliphatic heterocycles. The molecule has 0 heterocycles. The summed E-state index contributed by atoms with van der Waals surface area (Å²) in [7, 11) is 0. The number of aryl methyl sites for hydroxylation is 1. The third kappa shape index (κ3) is 3.64. The van der Waals surface area contributed by atoms with Gasteiger partial charge < -0.3 is 10.4 Å². The van der Waals surface area contributed by atoms with Crippen LogP contribution >= 0.6 is 11.6 Å². The van der Waals surface area contributed by atoms with Crippen LogP contribution in [-0.2, 0) is 0 Å². The molecular weight excluding hydrogens is 324 g/mol. The molecule has 23 heavy (non-hydrogen) atoms. The monoisotopic (exact) mass is 334 g/mol. The second-order valence-electron chi connectivity index (χ2n) is 4.71. The van der Waals surface area contributed by atoms with E-state index in [9.17, 15) is 19.7 Å². The third-order valence-electron chi connectivity index (χ3n) is 3.13. The zero-order valence-corrected chi connectivity index (χ0v) is 12.6. The summed E-state index contributed by atoms with van der Waals surface area (Å²) in [6, 6.07) is 7.79. The van der Waals surface area contributed by atoms with E-state index in [1.165, 1.54) is 30.3 Å². The maximum atomic E-state index is 12.2. The van der Waals surface area contributed by atoms with Crippen LogP contribution in [0.3, 0.4) is 0 Å². The average Bonchev–Trinajstić information content (AvgIpc) is 2.48. The fraction of sp³-hybridized carbons (Fsp3) is 0.0667. The minimum Gasteiger partial charge on any atom is -0.478 e. The van der Waals surface area contributed by atoms with Crippen molar-refractivity contribution in [3.8, 4) is 0 Å². The number of hydrogen-bond acceptors (Lipinski definition) is 4. The van der Waals surface area contributed by atoms with E-state index in [1.54, 1.807) is 6.92 Å². The topological polar surface area (TPSA) is 110 Å². The van der Waals surface area contributed by atoms with Crippen molar-refractivity contribution >= 4 is 34.9 Å². The Morgan fingerprint density at radius 2 is 1.91 bits per heavy atom. The van der Waals surface area contributed by atoms with Crippen molar-refractivity contribution in [3.05, 3.63) is 68.2 Å². The largest absolute Gasteiger partial charge is 0.478 e. The first-order chi connectivity index (χ1) is 10.8. The fourth-order valence-electron chi connectivity index (χ4n) is 1.93. The molecule has 0 saturated heterocycles. The highest BCUT2D eigenvalue weighted by Crippen LogP contribution is 2.24. The van der Waals surface area contributed by atoms with Crippen LogP contribution in [0.5, 0.6) is 0 Å². The Balaban J connectivity index is 2.26. The molecule has 118 valence electrons. The number of nitro groups is 1. The Bertz CT molecular complexity index is 820. The summed E-state index contributed by atoms with van der Waals surface area (Å²) < 4.78 is 0. The van der Waals surface area contributed by atoms with Gasteiger partial charge in [0.1, 0.15) is 0 Å². The number of carboxylic acids is 1. The van der Waals surface area contributed by atoms with E-state index >= 15 is 0 Å². The van der Waals surface area contributed by atoms with Gasteiger partial charge in [0.2, 0.25) is 0 Å². The first-order valence-electron chi connectivity index (χ1n) is 6.39. The smallest absolute Gasteiger partial charge is 0.335 e. The van der Waals surface area contributed by atoms with Gasteiger partial charge in [-0.2, -0.15) is 0 Å². The van der Waals surface area contributed by atoms with Crippen molar-refractivity contribution in [2.24, 2.45) is 0 Å². The number of nitro benzene ring substituents is 1. The number of rotatable bonds is 4. The maximum absolute atomic E-state index is 12.2. The lowest BCUT2D eigenvalue weighted by Gasteiger charge is -2.10. The number of nitrogens with zero attached hydrogens (tertiary/aromatic N) is 1. The molecule has 7 nitrogen and oxygen atoms in total. The summed E-state index contributed by atoms with van der Waals surface area (Å²) in [5, 5.41) is 22.1. The number of amides is 1. The van der Waals surface area contributed by atoms with Gasteiger partial charge >= 0.3 is 5.97 Å². The predicted octanol–water partition coefficient (Wildman–Crippen LogP) is 3.51. The van der Waals surface area contributed by atoms with E-state index in [4.69, 9.17) is 16.7 Å². The molecule has 2 aromatic carbocycles. The van der Waals surface area contributed by atoms with Crippen LogP contribution in [-0.4, -0.2) is 21.9 Å². The van der Waals surface area contributed by atoms with E-state index in [-0.39, 0.29) is 21.8 Å². The van der Waals surface area contributed by atoms with Gasteiger partial charge in [0.25, 0.3) is 11.6 Å². The van der Waals surface area contributed by atoms with E-state index in [0.29, 0.717) is 11.3 Å². The van der Waals surface area contributed by atoms with Crippen LogP contribution in [0.2, 0.25) is 5.02 Å². The average molecular weight is 335 g/mol. The molecule has 0 fully saturated rings. The molecule has 8 heteroatoms. The molecule has 0 spiro atoms. The number of carboxylic acid groups (broad SMARTS) is 1. The zero-order valence-electron chi connectivity index (χ0n) is 11.9. The number of carbonyl (C=O) groups excluding carboxylic acids is 1. The maximum Gasteiger partial charge on any atom is 0.335 e. The molecule has 0 aliphatic rings. The standard InChI is InChI=1S/C15H11ClN2O5/c1-8-6-9(15(20)21)2-5-13(8)17-14(19)11-4-3-10(18(22)23)7-12(11)16/h2-7H,1H3,(H,17,19)(H,20,21). The molecule has 0 saturated carbocycles. The van der Waals surface area contributed by atoms with Gasteiger partial charge in [-0.3, -0.25) is 14.9 Å². The van der Waals surface area contributed by atoms with E-state index in [2.05, 4.69) is 5.32 Å². The zero-order chi connectivity index (χ0) is 17.1. The third-order valence-corrected chi connectivity index (χ3v) is 3.44. The number of aromatic carboxylic acids is 1. The summed E-state index contributed by atoms with van der Waals surface area (Å²) in [6.07, 6.45) is 0. The van der Waals surface area contributed by atoms with Crippen LogP contribution in [0.15, 0.2) is 36.4 Å². The lowest BCUT2D eigenvalue weighted by molar-refractivity contribution is -0.384. The van der Waals surface area contributed by atoms with Gasteiger partial charge in [0.15, 0.2) is 0 Å². The highest BCUT2D eigenvalue weighted by molar-refractivity contribution is 6.34. The van der Waals surface area contributed by atoms with Gasteiger partial charge in [0, 0.05) is 17.8 Å². The number of hydrogen-bond donors (Lipinski definition) is 2. The van der Waals surface area contributed by atoms with Gasteiger partial charge in [-0.15, -0.1) is 0 Å². The van der Waals surface area contributed by atoms with Crippen molar-refractivity contribution in [2.75, 3.05) is 5.32 Å². The molecular formula is C15H11ClN2O5. The van der Waals surface area contributed by atoms with E-state index < -0.39 is 16.8 Å². The van der Waals surface area contributed by atoms with Crippen LogP contribution in [0, 0.1) is 17.0 Å². The number of anilines is 1. The van der Waals surface area contributed by atoms with Crippen LogP contribution in [0.25, 0.3) is 0 Å². The number of benzene rings is 2. The lowest BCUT2D eigenvalue weighted by Crippen LogP contribution is -2.13. The molecule has 1 amide bonds. The molecule has 0 atom stereocenters. The molecule has 0 radical (unpaired) electrons. The number of carbonyl (C=O) groups is 2. The Kier molecular flexibility index (Phi) is 4.61. The molecule has 2 rings (SSSR count). The van der Waals surface area contributed by atoms with Crippen molar-refractivity contribution in [1.29, 1.82) is 0 Å². The lowest BCUT2D eigenvalue weighted by atomic mass is 10.1. The first-order valence-corrected chi connectivity index (χ1v) is 6.76. The van der Waals surface area contributed by atoms with Gasteiger partial charge in [-0.05, 0) is 36.8 Å². The van der Waals surface area contributed by atoms with Gasteiger partial charge in [-0.1, -0.05) is 11.6 Å². The minimum absolute atomic E-state index is 0.0449. The fourth-order valence-corrected chi connectivity index (χ4v) is 2.19. The molecule has 0 aromatic heterocycles. The highest BCUT2D eigenvalue weighted by atomic mass is 35.5. The van der Waals surface area contributed by atoms with Crippen LogP contribution in [0.4, 0.5) is 11.4 Å². The van der Waals surface area contributed by atoms with Crippen molar-refractivity contribution in [2.45, 2.75) is 6.92 Å². The summed E-state index contributed by atoms with van der Waals surface area (Å²) in [5.41, 5.74) is 0.965. The quantitative estimate of drug-likeness (QED) is 0.656. The normalized spacial score (nSPS) is 10.2. The Morgan fingerprint density at radius 1 is 1.22 bits per heavy atom. The Hall–Kier alpha value is -2.93. The SMILES string of the molecule is Cc1cc(C(=O)O)ccc1NC(=O)c1ccc([N+](=O)[O-])cc1Cl. The van der Waals surface area contributed by atoms with E-state index in [1.807, 2.05) is 0 Å². The number of halogens is 1. The second-order valence-corrected chi connectivity index (χ2v) is 5.12. The summed E-state index contributed by atoms with van der Waals surface area (Å²) >= 11 is 5.90. The van der Waals surface area contributed by atoms with Gasteiger partial charge in [0.05, 0.1) is 21.1 Å². The van der Waals surface area contributed by atoms with Gasteiger partial charge in [-0.25, -0.2) is 4.79 Å². The van der Waals surface area contributed by atoms with Crippen LogP contribution < -0.4 is 5.32 Å². The minimum atomic E-state index is -1.07. The van der Waals surface area contributed by atoms with E-state index in [0.717, 1.165) is 6.07 Å². The van der Waals surface area contributed by atoms with Crippen molar-refractivity contribution < 1.29 is 19.6 Å². The first kappa shape index (κ1) is 16.4. The predicted molar refractivity (Wildman–Crippen MR) is 84.2 cm³/mol.